The van der Waals surface area contributed by atoms with E-state index in [9.17, 15) is 4.79 Å². The van der Waals surface area contributed by atoms with Gasteiger partial charge in [-0.1, -0.05) is 0 Å². The zero-order valence-electron chi connectivity index (χ0n) is 10.6. The van der Waals surface area contributed by atoms with E-state index in [0.717, 1.165) is 45.6 Å². The van der Waals surface area contributed by atoms with E-state index in [1.165, 1.54) is 0 Å². The Morgan fingerprint density at radius 2 is 2.24 bits per heavy atom. The molecule has 1 amide bonds. The topological polar surface area (TPSA) is 53.6 Å². The van der Waals surface area contributed by atoms with Crippen molar-refractivity contribution in [2.75, 3.05) is 39.4 Å². The van der Waals surface area contributed by atoms with Crippen molar-refractivity contribution in [1.29, 1.82) is 0 Å². The molecule has 2 atom stereocenters. The Morgan fingerprint density at radius 1 is 1.47 bits per heavy atom. The minimum Gasteiger partial charge on any atom is -0.379 e. The molecular weight excluding hydrogens is 218 g/mol. The Balaban J connectivity index is 1.77. The van der Waals surface area contributed by atoms with Crippen molar-refractivity contribution in [2.24, 2.45) is 0 Å². The second-order valence-electron chi connectivity index (χ2n) is 4.88. The highest BCUT2D eigenvalue weighted by molar-refractivity contribution is 5.81. The minimum absolute atomic E-state index is 0.0287. The zero-order chi connectivity index (χ0) is 12.1. The monoisotopic (exact) mass is 241 g/mol. The first kappa shape index (κ1) is 12.8. The predicted molar refractivity (Wildman–Crippen MR) is 65.9 cm³/mol. The van der Waals surface area contributed by atoms with Crippen LogP contribution < -0.4 is 10.6 Å². The average Bonchev–Trinajstić information content (AvgIpc) is 2.40. The van der Waals surface area contributed by atoms with Crippen LogP contribution in [-0.2, 0) is 9.53 Å². The van der Waals surface area contributed by atoms with Crippen molar-refractivity contribution >= 4 is 5.91 Å². The summed E-state index contributed by atoms with van der Waals surface area (Å²) in [6.07, 6.45) is 2.09. The first-order valence-corrected chi connectivity index (χ1v) is 6.60. The van der Waals surface area contributed by atoms with Gasteiger partial charge in [0.15, 0.2) is 0 Å². The van der Waals surface area contributed by atoms with E-state index in [1.807, 2.05) is 6.92 Å². The maximum atomic E-state index is 12.1. The van der Waals surface area contributed by atoms with Gasteiger partial charge in [0.25, 0.3) is 0 Å². The van der Waals surface area contributed by atoms with Crippen LogP contribution in [0.15, 0.2) is 0 Å². The van der Waals surface area contributed by atoms with Gasteiger partial charge in [-0.05, 0) is 19.8 Å². The van der Waals surface area contributed by atoms with Crippen molar-refractivity contribution in [2.45, 2.75) is 31.8 Å². The second-order valence-corrected chi connectivity index (χ2v) is 4.88. The van der Waals surface area contributed by atoms with Gasteiger partial charge in [0, 0.05) is 32.8 Å². The molecule has 2 aliphatic heterocycles. The number of hydrogen-bond acceptors (Lipinski definition) is 4. The van der Waals surface area contributed by atoms with E-state index < -0.39 is 0 Å². The van der Waals surface area contributed by atoms with E-state index >= 15 is 0 Å². The highest BCUT2D eigenvalue weighted by Gasteiger charge is 2.25. The molecule has 5 nitrogen and oxygen atoms in total. The summed E-state index contributed by atoms with van der Waals surface area (Å²) >= 11 is 0. The molecule has 0 aromatic heterocycles. The van der Waals surface area contributed by atoms with Crippen LogP contribution in [0.25, 0.3) is 0 Å². The van der Waals surface area contributed by atoms with E-state index in [4.69, 9.17) is 4.74 Å². The first-order chi connectivity index (χ1) is 8.27. The van der Waals surface area contributed by atoms with Crippen LogP contribution in [0.3, 0.4) is 0 Å². The maximum absolute atomic E-state index is 12.1. The van der Waals surface area contributed by atoms with Gasteiger partial charge in [-0.25, -0.2) is 0 Å². The molecule has 0 aromatic rings. The largest absolute Gasteiger partial charge is 0.379 e. The van der Waals surface area contributed by atoms with Gasteiger partial charge in [-0.3, -0.25) is 9.69 Å². The number of nitrogens with one attached hydrogen (secondary N) is 2. The summed E-state index contributed by atoms with van der Waals surface area (Å²) in [5.41, 5.74) is 0. The molecule has 2 unspecified atom stereocenters. The molecule has 2 heterocycles. The summed E-state index contributed by atoms with van der Waals surface area (Å²) in [7, 11) is 0. The van der Waals surface area contributed by atoms with Gasteiger partial charge >= 0.3 is 0 Å². The normalized spacial score (nSPS) is 28.6. The highest BCUT2D eigenvalue weighted by Crippen LogP contribution is 2.07. The number of piperazine rings is 1. The molecule has 0 saturated carbocycles. The van der Waals surface area contributed by atoms with E-state index in [0.29, 0.717) is 6.61 Å². The number of ether oxygens (including phenoxy) is 1. The van der Waals surface area contributed by atoms with Gasteiger partial charge in [-0.15, -0.1) is 0 Å². The van der Waals surface area contributed by atoms with Gasteiger partial charge in [0.2, 0.25) is 5.91 Å². The molecule has 0 aliphatic carbocycles. The standard InChI is InChI=1S/C12H23N3O2/c1-10(15-6-4-13-5-7-15)12(16)14-11-3-2-8-17-9-11/h10-11,13H,2-9H2,1H3,(H,14,16). The third kappa shape index (κ3) is 3.66. The van der Waals surface area contributed by atoms with Gasteiger partial charge in [0.1, 0.15) is 0 Å². The predicted octanol–water partition coefficient (Wildman–Crippen LogP) is -0.425. The number of rotatable bonds is 3. The van der Waals surface area contributed by atoms with Crippen molar-refractivity contribution < 1.29 is 9.53 Å². The summed E-state index contributed by atoms with van der Waals surface area (Å²) in [4.78, 5) is 14.3. The molecule has 0 radical (unpaired) electrons. The lowest BCUT2D eigenvalue weighted by molar-refractivity contribution is -0.127. The molecule has 5 heteroatoms. The summed E-state index contributed by atoms with van der Waals surface area (Å²) in [6.45, 7) is 7.35. The summed E-state index contributed by atoms with van der Waals surface area (Å²) in [6, 6.07) is 0.181. The number of hydrogen-bond donors (Lipinski definition) is 2. The summed E-state index contributed by atoms with van der Waals surface area (Å²) < 4.78 is 5.37. The van der Waals surface area contributed by atoms with Crippen LogP contribution in [-0.4, -0.2) is 62.3 Å². The van der Waals surface area contributed by atoms with Crippen LogP contribution in [0.2, 0.25) is 0 Å². The molecule has 2 fully saturated rings. The Hall–Kier alpha value is -0.650. The molecule has 2 saturated heterocycles. The smallest absolute Gasteiger partial charge is 0.237 e. The maximum Gasteiger partial charge on any atom is 0.237 e. The fourth-order valence-corrected chi connectivity index (χ4v) is 2.41. The third-order valence-corrected chi connectivity index (χ3v) is 3.59. The molecule has 2 aliphatic rings. The molecule has 2 rings (SSSR count). The number of carbonyl (C=O) groups is 1. The van der Waals surface area contributed by atoms with E-state index in [1.54, 1.807) is 0 Å². The zero-order valence-corrected chi connectivity index (χ0v) is 10.6. The van der Waals surface area contributed by atoms with Gasteiger partial charge in [-0.2, -0.15) is 0 Å². The average molecular weight is 241 g/mol. The van der Waals surface area contributed by atoms with Crippen LogP contribution in [0.4, 0.5) is 0 Å². The number of nitrogens with zero attached hydrogens (tertiary/aromatic N) is 1. The van der Waals surface area contributed by atoms with Crippen LogP contribution in [0.5, 0.6) is 0 Å². The highest BCUT2D eigenvalue weighted by atomic mass is 16.5. The Morgan fingerprint density at radius 3 is 2.88 bits per heavy atom. The number of carbonyl (C=O) groups excluding carboxylic acids is 1. The second kappa shape index (κ2) is 6.33. The quantitative estimate of drug-likeness (QED) is 0.704. The van der Waals surface area contributed by atoms with Crippen molar-refractivity contribution in [3.05, 3.63) is 0 Å². The molecular formula is C12H23N3O2. The van der Waals surface area contributed by atoms with Crippen LogP contribution in [0.1, 0.15) is 19.8 Å². The summed E-state index contributed by atoms with van der Waals surface area (Å²) in [5.74, 6) is 0.141. The van der Waals surface area contributed by atoms with E-state index in [-0.39, 0.29) is 18.0 Å². The number of amides is 1. The van der Waals surface area contributed by atoms with Crippen molar-refractivity contribution in [3.8, 4) is 0 Å². The molecule has 2 N–H and O–H groups in total. The fourth-order valence-electron chi connectivity index (χ4n) is 2.41. The lowest BCUT2D eigenvalue weighted by Gasteiger charge is -2.33. The van der Waals surface area contributed by atoms with Gasteiger partial charge in [0.05, 0.1) is 18.7 Å². The van der Waals surface area contributed by atoms with Crippen LogP contribution >= 0.6 is 0 Å². The molecule has 98 valence electrons. The lowest BCUT2D eigenvalue weighted by Crippen LogP contribution is -2.54. The van der Waals surface area contributed by atoms with Crippen molar-refractivity contribution in [3.63, 3.8) is 0 Å². The fraction of sp³-hybridized carbons (Fsp3) is 0.917. The SMILES string of the molecule is CC(C(=O)NC1CCCOC1)N1CCNCC1. The van der Waals surface area contributed by atoms with Crippen LogP contribution in [0, 0.1) is 0 Å². The van der Waals surface area contributed by atoms with Gasteiger partial charge < -0.3 is 15.4 Å². The van der Waals surface area contributed by atoms with E-state index in [2.05, 4.69) is 15.5 Å². The Bertz CT molecular complexity index is 248. The Labute approximate surface area is 103 Å². The molecule has 0 spiro atoms. The summed E-state index contributed by atoms with van der Waals surface area (Å²) in [5, 5.41) is 6.39. The molecule has 17 heavy (non-hydrogen) atoms. The third-order valence-electron chi connectivity index (χ3n) is 3.59. The van der Waals surface area contributed by atoms with Crippen molar-refractivity contribution in [1.82, 2.24) is 15.5 Å². The Kier molecular flexibility index (Phi) is 4.76. The minimum atomic E-state index is -0.0287. The molecule has 0 aromatic carbocycles. The molecule has 0 bridgehead atoms. The lowest BCUT2D eigenvalue weighted by atomic mass is 10.1. The first-order valence-electron chi connectivity index (χ1n) is 6.60.